The number of benzene rings is 2. The minimum Gasteiger partial charge on any atom is -0.491 e. The van der Waals surface area contributed by atoms with Crippen molar-refractivity contribution in [1.29, 1.82) is 0 Å². The van der Waals surface area contributed by atoms with E-state index in [4.69, 9.17) is 16.3 Å². The number of rotatable bonds is 4. The highest BCUT2D eigenvalue weighted by Crippen LogP contribution is 2.27. The fourth-order valence-electron chi connectivity index (χ4n) is 2.98. The molecule has 1 amide bonds. The number of nitrogens with zero attached hydrogens (tertiary/aromatic N) is 2. The van der Waals surface area contributed by atoms with E-state index in [0.717, 1.165) is 21.7 Å². The topological polar surface area (TPSA) is 66.9 Å². The largest absolute Gasteiger partial charge is 0.491 e. The first-order valence-corrected chi connectivity index (χ1v) is 10.7. The number of aryl methyl sites for hydroxylation is 1. The molecule has 6 nitrogen and oxygen atoms in total. The molecule has 1 aliphatic rings. The summed E-state index contributed by atoms with van der Waals surface area (Å²) in [5.41, 5.74) is 2.19. The maximum atomic E-state index is 12.9. The Morgan fingerprint density at radius 1 is 1.26 bits per heavy atom. The zero-order valence-corrected chi connectivity index (χ0v) is 16.8. The molecule has 27 heavy (non-hydrogen) atoms. The molecule has 3 rings (SSSR count). The van der Waals surface area contributed by atoms with Crippen molar-refractivity contribution in [2.24, 2.45) is 0 Å². The summed E-state index contributed by atoms with van der Waals surface area (Å²) in [7, 11) is -3.61. The Labute approximate surface area is 164 Å². The van der Waals surface area contributed by atoms with E-state index in [-0.39, 0.29) is 12.5 Å². The van der Waals surface area contributed by atoms with Crippen molar-refractivity contribution < 1.29 is 17.9 Å². The van der Waals surface area contributed by atoms with E-state index >= 15 is 0 Å². The van der Waals surface area contributed by atoms with E-state index in [2.05, 4.69) is 0 Å². The van der Waals surface area contributed by atoms with Gasteiger partial charge in [0.15, 0.2) is 0 Å². The number of halogens is 1. The molecule has 144 valence electrons. The van der Waals surface area contributed by atoms with E-state index in [1.54, 1.807) is 41.3 Å². The van der Waals surface area contributed by atoms with Gasteiger partial charge >= 0.3 is 0 Å². The molecule has 0 saturated heterocycles. The van der Waals surface area contributed by atoms with Gasteiger partial charge in [0.2, 0.25) is 15.9 Å². The highest BCUT2D eigenvalue weighted by molar-refractivity contribution is 7.92. The van der Waals surface area contributed by atoms with E-state index in [9.17, 15) is 13.2 Å². The van der Waals surface area contributed by atoms with E-state index in [0.29, 0.717) is 36.2 Å². The lowest BCUT2D eigenvalue weighted by atomic mass is 10.2. The summed E-state index contributed by atoms with van der Waals surface area (Å²) >= 11 is 6.05. The van der Waals surface area contributed by atoms with E-state index in [1.165, 1.54) is 0 Å². The second-order valence-electron chi connectivity index (χ2n) is 6.52. The van der Waals surface area contributed by atoms with Gasteiger partial charge in [-0.3, -0.25) is 9.10 Å². The molecule has 8 heteroatoms. The smallest absolute Gasteiger partial charge is 0.243 e. The number of hydrogen-bond donors (Lipinski definition) is 0. The summed E-state index contributed by atoms with van der Waals surface area (Å²) in [6.07, 6.45) is 1.10. The number of ether oxygens (including phenoxy) is 1. The molecule has 0 spiro atoms. The van der Waals surface area contributed by atoms with Gasteiger partial charge in [0.25, 0.3) is 0 Å². The second kappa shape index (κ2) is 7.78. The maximum absolute atomic E-state index is 12.9. The van der Waals surface area contributed by atoms with Gasteiger partial charge in [0.1, 0.15) is 18.9 Å². The Hall–Kier alpha value is -2.25. The quantitative estimate of drug-likeness (QED) is 0.780. The van der Waals surface area contributed by atoms with Crippen LogP contribution < -0.4 is 9.04 Å². The number of anilines is 1. The fourth-order valence-corrected chi connectivity index (χ4v) is 4.02. The van der Waals surface area contributed by atoms with Crippen LogP contribution in [0.3, 0.4) is 0 Å². The Bertz CT molecular complexity index is 962. The van der Waals surface area contributed by atoms with Gasteiger partial charge in [-0.1, -0.05) is 23.7 Å². The van der Waals surface area contributed by atoms with E-state index < -0.39 is 10.0 Å². The number of fused-ring (bicyclic) bond motifs is 1. The minimum atomic E-state index is -3.61. The summed E-state index contributed by atoms with van der Waals surface area (Å²) in [6, 6.07) is 12.3. The van der Waals surface area contributed by atoms with Crippen LogP contribution in [0.4, 0.5) is 5.69 Å². The fraction of sp³-hybridized carbons (Fsp3) is 0.316. The molecular formula is C19H21ClN2O4S. The van der Waals surface area contributed by atoms with Crippen LogP contribution in [-0.4, -0.2) is 45.2 Å². The lowest BCUT2D eigenvalue weighted by molar-refractivity contribution is -0.130. The molecule has 0 radical (unpaired) electrons. The minimum absolute atomic E-state index is 0.266. The molecule has 1 aliphatic heterocycles. The van der Waals surface area contributed by atoms with Crippen molar-refractivity contribution in [2.45, 2.75) is 13.5 Å². The Morgan fingerprint density at radius 3 is 2.74 bits per heavy atom. The van der Waals surface area contributed by atoms with Crippen molar-refractivity contribution in [3.05, 3.63) is 58.6 Å². The highest BCUT2D eigenvalue weighted by atomic mass is 35.5. The van der Waals surface area contributed by atoms with Crippen molar-refractivity contribution >= 4 is 33.2 Å². The predicted molar refractivity (Wildman–Crippen MR) is 106 cm³/mol. The maximum Gasteiger partial charge on any atom is 0.243 e. The van der Waals surface area contributed by atoms with Gasteiger partial charge < -0.3 is 9.64 Å². The van der Waals surface area contributed by atoms with Crippen LogP contribution >= 0.6 is 11.6 Å². The summed E-state index contributed by atoms with van der Waals surface area (Å²) in [5.74, 6) is 0.395. The number of carbonyl (C=O) groups is 1. The van der Waals surface area contributed by atoms with Crippen LogP contribution in [0.25, 0.3) is 0 Å². The van der Waals surface area contributed by atoms with Crippen LogP contribution in [0.5, 0.6) is 5.75 Å². The average Bonchev–Trinajstić information content (AvgIpc) is 2.80. The second-order valence-corrected chi connectivity index (χ2v) is 8.87. The van der Waals surface area contributed by atoms with Crippen LogP contribution in [-0.2, 0) is 21.4 Å². The SMILES string of the molecule is Cc1cccc(N(CC(=O)N2CCOc3ccc(Cl)cc3C2)S(C)(=O)=O)c1. The third-order valence-electron chi connectivity index (χ3n) is 4.32. The lowest BCUT2D eigenvalue weighted by Crippen LogP contribution is -2.43. The summed E-state index contributed by atoms with van der Waals surface area (Å²) < 4.78 is 31.4. The third-order valence-corrected chi connectivity index (χ3v) is 5.70. The third kappa shape index (κ3) is 4.73. The highest BCUT2D eigenvalue weighted by Gasteiger charge is 2.26. The van der Waals surface area contributed by atoms with Gasteiger partial charge in [-0.25, -0.2) is 8.42 Å². The van der Waals surface area contributed by atoms with Crippen LogP contribution in [0.2, 0.25) is 5.02 Å². The lowest BCUT2D eigenvalue weighted by Gasteiger charge is -2.26. The molecule has 2 aromatic rings. The van der Waals surface area contributed by atoms with Crippen molar-refractivity contribution in [1.82, 2.24) is 4.90 Å². The Balaban J connectivity index is 1.83. The normalized spacial score (nSPS) is 14.1. The monoisotopic (exact) mass is 408 g/mol. The van der Waals surface area contributed by atoms with Gasteiger partial charge in [-0.15, -0.1) is 0 Å². The number of amides is 1. The van der Waals surface area contributed by atoms with Gasteiger partial charge in [-0.05, 0) is 42.8 Å². The van der Waals surface area contributed by atoms with Crippen molar-refractivity contribution in [3.8, 4) is 5.75 Å². The first-order valence-electron chi connectivity index (χ1n) is 8.47. The molecule has 0 aliphatic carbocycles. The Kier molecular flexibility index (Phi) is 5.62. The van der Waals surface area contributed by atoms with Gasteiger partial charge in [0, 0.05) is 17.1 Å². The molecular weight excluding hydrogens is 388 g/mol. The first-order chi connectivity index (χ1) is 12.7. The molecule has 2 aromatic carbocycles. The molecule has 0 bridgehead atoms. The number of hydrogen-bond acceptors (Lipinski definition) is 4. The van der Waals surface area contributed by atoms with Crippen LogP contribution in [0, 0.1) is 6.92 Å². The Morgan fingerprint density at radius 2 is 2.04 bits per heavy atom. The predicted octanol–water partition coefficient (Wildman–Crippen LogP) is 2.84. The van der Waals surface area contributed by atoms with Gasteiger partial charge in [-0.2, -0.15) is 0 Å². The molecule has 1 heterocycles. The molecule has 0 atom stereocenters. The number of sulfonamides is 1. The standard InChI is InChI=1S/C19H21ClN2O4S/c1-14-4-3-5-17(10-14)22(27(2,24)25)13-19(23)21-8-9-26-18-7-6-16(20)11-15(18)12-21/h3-7,10-11H,8-9,12-13H2,1-2H3. The summed E-state index contributed by atoms with van der Waals surface area (Å²) in [4.78, 5) is 14.5. The van der Waals surface area contributed by atoms with Gasteiger partial charge in [0.05, 0.1) is 18.5 Å². The summed E-state index contributed by atoms with van der Waals surface area (Å²) in [6.45, 7) is 2.64. The molecule has 0 N–H and O–H groups in total. The van der Waals surface area contributed by atoms with Crippen molar-refractivity contribution in [2.75, 3.05) is 30.3 Å². The molecule has 0 saturated carbocycles. The van der Waals surface area contributed by atoms with Crippen LogP contribution in [0.15, 0.2) is 42.5 Å². The average molecular weight is 409 g/mol. The molecule has 0 aromatic heterocycles. The zero-order valence-electron chi connectivity index (χ0n) is 15.2. The summed E-state index contributed by atoms with van der Waals surface area (Å²) in [5, 5.41) is 0.559. The molecule has 0 fully saturated rings. The van der Waals surface area contributed by atoms with E-state index in [1.807, 2.05) is 13.0 Å². The first kappa shape index (κ1) is 19.5. The zero-order chi connectivity index (χ0) is 19.6. The van der Waals surface area contributed by atoms with Crippen molar-refractivity contribution in [3.63, 3.8) is 0 Å². The molecule has 0 unspecified atom stereocenters. The number of carbonyl (C=O) groups excluding carboxylic acids is 1. The van der Waals surface area contributed by atoms with Crippen LogP contribution in [0.1, 0.15) is 11.1 Å².